The Morgan fingerprint density at radius 3 is 2.33 bits per heavy atom. The van der Waals surface area contributed by atoms with E-state index >= 15 is 0 Å². The minimum atomic E-state index is -4.70. The number of nitrogens with zero attached hydrogens (tertiary/aromatic N) is 2. The molecule has 1 aromatic rings. The van der Waals surface area contributed by atoms with Gasteiger partial charge in [0.25, 0.3) is 0 Å². The maximum absolute atomic E-state index is 13.0. The van der Waals surface area contributed by atoms with Gasteiger partial charge in [0.15, 0.2) is 0 Å². The Morgan fingerprint density at radius 2 is 1.74 bits per heavy atom. The minimum Gasteiger partial charge on any atom is -0.379 e. The number of hydrogen-bond donors (Lipinski definition) is 0. The van der Waals surface area contributed by atoms with Crippen molar-refractivity contribution in [3.8, 4) is 0 Å². The van der Waals surface area contributed by atoms with Crippen molar-refractivity contribution in [1.82, 2.24) is 9.21 Å². The van der Waals surface area contributed by atoms with Crippen LogP contribution >= 0.6 is 11.6 Å². The lowest BCUT2D eigenvalue weighted by molar-refractivity contribution is -0.137. The van der Waals surface area contributed by atoms with Gasteiger partial charge in [0, 0.05) is 32.7 Å². The van der Waals surface area contributed by atoms with Gasteiger partial charge in [-0.25, -0.2) is 8.42 Å². The van der Waals surface area contributed by atoms with Crippen molar-refractivity contribution in [3.63, 3.8) is 0 Å². The molecule has 152 valence electrons. The first-order chi connectivity index (χ1) is 12.7. The highest BCUT2D eigenvalue weighted by molar-refractivity contribution is 7.89. The number of morpholine rings is 1. The van der Waals surface area contributed by atoms with Crippen LogP contribution in [0.15, 0.2) is 23.1 Å². The summed E-state index contributed by atoms with van der Waals surface area (Å²) >= 11 is 5.59. The molecule has 2 fully saturated rings. The average Bonchev–Trinajstić information content (AvgIpc) is 2.62. The lowest BCUT2D eigenvalue weighted by atomic mass is 9.97. The van der Waals surface area contributed by atoms with E-state index in [1.165, 1.54) is 4.31 Å². The van der Waals surface area contributed by atoms with Crippen molar-refractivity contribution < 1.29 is 26.3 Å². The molecule has 0 aliphatic carbocycles. The second kappa shape index (κ2) is 8.24. The zero-order valence-electron chi connectivity index (χ0n) is 14.7. The SMILES string of the molecule is O=S(=O)(c1ccc(Cl)c(C(F)(F)F)c1)N1CCC(CN2CCOCC2)CC1. The number of benzene rings is 1. The fourth-order valence-corrected chi connectivity index (χ4v) is 5.23. The molecule has 1 aromatic carbocycles. The zero-order chi connectivity index (χ0) is 19.7. The number of piperidine rings is 1. The molecule has 2 aliphatic rings. The maximum Gasteiger partial charge on any atom is 0.417 e. The summed E-state index contributed by atoms with van der Waals surface area (Å²) in [6, 6.07) is 2.74. The van der Waals surface area contributed by atoms with Crippen molar-refractivity contribution in [2.75, 3.05) is 45.9 Å². The van der Waals surface area contributed by atoms with E-state index in [1.54, 1.807) is 0 Å². The van der Waals surface area contributed by atoms with E-state index < -0.39 is 26.8 Å². The number of alkyl halides is 3. The third-order valence-corrected chi connectivity index (χ3v) is 7.30. The standard InChI is InChI=1S/C17H22ClF3N2O3S/c18-16-2-1-14(11-15(16)17(19,20)21)27(24,25)23-5-3-13(4-6-23)12-22-7-9-26-10-8-22/h1-2,11,13H,3-10,12H2. The van der Waals surface area contributed by atoms with Crippen LogP contribution in [0.1, 0.15) is 18.4 Å². The first kappa shape index (κ1) is 20.9. The molecule has 27 heavy (non-hydrogen) atoms. The second-order valence-corrected chi connectivity index (χ2v) is 9.24. The summed E-state index contributed by atoms with van der Waals surface area (Å²) in [4.78, 5) is 1.94. The fourth-order valence-electron chi connectivity index (χ4n) is 3.51. The molecular weight excluding hydrogens is 405 g/mol. The Morgan fingerprint density at radius 1 is 1.11 bits per heavy atom. The van der Waals surface area contributed by atoms with Crippen LogP contribution in [0.4, 0.5) is 13.2 Å². The molecule has 0 atom stereocenters. The van der Waals surface area contributed by atoms with Crippen LogP contribution in [-0.2, 0) is 20.9 Å². The monoisotopic (exact) mass is 426 g/mol. The maximum atomic E-state index is 13.0. The van der Waals surface area contributed by atoms with Gasteiger partial charge in [-0.1, -0.05) is 11.6 Å². The van der Waals surface area contributed by atoms with Crippen LogP contribution < -0.4 is 0 Å². The van der Waals surface area contributed by atoms with Gasteiger partial charge < -0.3 is 4.74 Å². The molecular formula is C17H22ClF3N2O3S. The Labute approximate surface area is 162 Å². The first-order valence-corrected chi connectivity index (χ1v) is 10.7. The van der Waals surface area contributed by atoms with Gasteiger partial charge >= 0.3 is 6.18 Å². The largest absolute Gasteiger partial charge is 0.417 e. The first-order valence-electron chi connectivity index (χ1n) is 8.85. The van der Waals surface area contributed by atoms with Crippen molar-refractivity contribution in [1.29, 1.82) is 0 Å². The van der Waals surface area contributed by atoms with Crippen molar-refractivity contribution in [2.24, 2.45) is 5.92 Å². The van der Waals surface area contributed by atoms with Crippen LogP contribution in [0.25, 0.3) is 0 Å². The lowest BCUT2D eigenvalue weighted by Crippen LogP contribution is -2.44. The molecule has 0 bridgehead atoms. The molecule has 0 amide bonds. The van der Waals surface area contributed by atoms with E-state index in [-0.39, 0.29) is 4.90 Å². The molecule has 0 N–H and O–H groups in total. The van der Waals surface area contributed by atoms with Gasteiger partial charge in [0.1, 0.15) is 0 Å². The van der Waals surface area contributed by atoms with E-state index in [0.29, 0.717) is 51.1 Å². The average molecular weight is 427 g/mol. The topological polar surface area (TPSA) is 49.9 Å². The molecule has 2 heterocycles. The highest BCUT2D eigenvalue weighted by atomic mass is 35.5. The molecule has 10 heteroatoms. The summed E-state index contributed by atoms with van der Waals surface area (Å²) < 4.78 is 71.2. The summed E-state index contributed by atoms with van der Waals surface area (Å²) in [6.45, 7) is 4.70. The Hall–Kier alpha value is -0.870. The summed E-state index contributed by atoms with van der Waals surface area (Å²) in [5, 5.41) is -0.509. The molecule has 5 nitrogen and oxygen atoms in total. The molecule has 2 saturated heterocycles. The molecule has 0 unspecified atom stereocenters. The summed E-state index contributed by atoms with van der Waals surface area (Å²) in [6.07, 6.45) is -3.32. The molecule has 0 aromatic heterocycles. The van der Waals surface area contributed by atoms with Gasteiger partial charge in [0.2, 0.25) is 10.0 Å². The van der Waals surface area contributed by atoms with Gasteiger partial charge in [-0.05, 0) is 37.0 Å². The highest BCUT2D eigenvalue weighted by Crippen LogP contribution is 2.36. The van der Waals surface area contributed by atoms with Crippen LogP contribution in [0.2, 0.25) is 5.02 Å². The molecule has 0 spiro atoms. The van der Waals surface area contributed by atoms with Crippen LogP contribution in [0.5, 0.6) is 0 Å². The zero-order valence-corrected chi connectivity index (χ0v) is 16.3. The summed E-state index contributed by atoms with van der Waals surface area (Å²) in [5.74, 6) is 0.380. The number of rotatable bonds is 4. The van der Waals surface area contributed by atoms with Gasteiger partial charge in [-0.2, -0.15) is 17.5 Å². The molecule has 0 radical (unpaired) electrons. The number of ether oxygens (including phenoxy) is 1. The normalized spacial score (nSPS) is 21.5. The van der Waals surface area contributed by atoms with Crippen molar-refractivity contribution in [3.05, 3.63) is 28.8 Å². The predicted octanol–water partition coefficient (Wildman–Crippen LogP) is 3.09. The summed E-state index contributed by atoms with van der Waals surface area (Å²) in [7, 11) is -3.98. The van der Waals surface area contributed by atoms with Crippen LogP contribution in [0.3, 0.4) is 0 Å². The third kappa shape index (κ3) is 4.95. The molecule has 2 aliphatic heterocycles. The summed E-state index contributed by atoms with van der Waals surface area (Å²) in [5.41, 5.74) is -1.13. The highest BCUT2D eigenvalue weighted by Gasteiger charge is 2.36. The Bertz CT molecular complexity index is 759. The third-order valence-electron chi connectivity index (χ3n) is 5.07. The lowest BCUT2D eigenvalue weighted by Gasteiger charge is -2.35. The number of sulfonamides is 1. The quantitative estimate of drug-likeness (QED) is 0.742. The van der Waals surface area contributed by atoms with Crippen LogP contribution in [-0.4, -0.2) is 63.6 Å². The number of hydrogen-bond acceptors (Lipinski definition) is 4. The Kier molecular flexibility index (Phi) is 6.37. The van der Waals surface area contributed by atoms with Gasteiger partial charge in [-0.3, -0.25) is 4.90 Å². The van der Waals surface area contributed by atoms with Gasteiger partial charge in [-0.15, -0.1) is 0 Å². The van der Waals surface area contributed by atoms with Crippen LogP contribution in [0, 0.1) is 5.92 Å². The van der Waals surface area contributed by atoms with Gasteiger partial charge in [0.05, 0.1) is 28.7 Å². The fraction of sp³-hybridized carbons (Fsp3) is 0.647. The van der Waals surface area contributed by atoms with E-state index in [2.05, 4.69) is 4.90 Å². The van der Waals surface area contributed by atoms with E-state index in [9.17, 15) is 21.6 Å². The van der Waals surface area contributed by atoms with Crippen molar-refractivity contribution >= 4 is 21.6 Å². The Balaban J connectivity index is 1.66. The molecule has 0 saturated carbocycles. The predicted molar refractivity (Wildman–Crippen MR) is 95.2 cm³/mol. The minimum absolute atomic E-state index is 0.307. The smallest absolute Gasteiger partial charge is 0.379 e. The van der Waals surface area contributed by atoms with E-state index in [4.69, 9.17) is 16.3 Å². The number of halogens is 4. The van der Waals surface area contributed by atoms with Crippen molar-refractivity contribution in [2.45, 2.75) is 23.9 Å². The second-order valence-electron chi connectivity index (χ2n) is 6.90. The molecule has 3 rings (SSSR count). The van der Waals surface area contributed by atoms with E-state index in [0.717, 1.165) is 31.8 Å². The van der Waals surface area contributed by atoms with E-state index in [1.807, 2.05) is 0 Å².